The van der Waals surface area contributed by atoms with E-state index >= 15 is 0 Å². The molecule has 2 rings (SSSR count). The van der Waals surface area contributed by atoms with E-state index in [4.69, 9.17) is 0 Å². The van der Waals surface area contributed by atoms with Crippen molar-refractivity contribution in [2.24, 2.45) is 0 Å². The van der Waals surface area contributed by atoms with Crippen molar-refractivity contribution in [3.63, 3.8) is 0 Å². The van der Waals surface area contributed by atoms with Crippen molar-refractivity contribution < 1.29 is 8.78 Å². The van der Waals surface area contributed by atoms with E-state index in [0.29, 0.717) is 0 Å². The van der Waals surface area contributed by atoms with Crippen LogP contribution in [0.5, 0.6) is 0 Å². The molecule has 0 amide bonds. The van der Waals surface area contributed by atoms with Gasteiger partial charge in [0.2, 0.25) is 0 Å². The highest BCUT2D eigenvalue weighted by Gasteiger charge is 2.47. The molecule has 0 spiro atoms. The minimum atomic E-state index is -2.64. The summed E-state index contributed by atoms with van der Waals surface area (Å²) in [7, 11) is 0. The number of hydrogen-bond donors (Lipinski definition) is 1. The zero-order chi connectivity index (χ0) is 8.77. The van der Waals surface area contributed by atoms with Crippen LogP contribution in [0.25, 0.3) is 0 Å². The summed E-state index contributed by atoms with van der Waals surface area (Å²) in [5.41, 5.74) is -0.532. The molecular weight excluding hydrogens is 170 g/mol. The largest absolute Gasteiger partial charge is 0.361 e. The van der Waals surface area contributed by atoms with Crippen molar-refractivity contribution in [3.05, 3.63) is 10.5 Å². The molecule has 0 radical (unpaired) electrons. The Morgan fingerprint density at radius 1 is 1.58 bits per heavy atom. The Labute approximate surface area is 65.4 Å². The molecule has 7 heteroatoms. The van der Waals surface area contributed by atoms with Gasteiger partial charge in [0.05, 0.1) is 6.04 Å². The first kappa shape index (κ1) is 7.38. The number of nitrogens with zero attached hydrogens (tertiary/aromatic N) is 3. The van der Waals surface area contributed by atoms with Crippen LogP contribution in [0.1, 0.15) is 18.9 Å². The highest BCUT2D eigenvalue weighted by molar-refractivity contribution is 4.89. The lowest BCUT2D eigenvalue weighted by atomic mass is 9.88. The van der Waals surface area contributed by atoms with E-state index in [2.05, 4.69) is 10.4 Å². The fourth-order valence-electron chi connectivity index (χ4n) is 1.25. The van der Waals surface area contributed by atoms with Gasteiger partial charge in [-0.25, -0.2) is 18.7 Å². The number of hydrogen-bond acceptors (Lipinski definition) is 3. The summed E-state index contributed by atoms with van der Waals surface area (Å²) >= 11 is 0. The number of alkyl halides is 2. The van der Waals surface area contributed by atoms with Gasteiger partial charge in [-0.3, -0.25) is 0 Å². The smallest absolute Gasteiger partial charge is 0.245 e. The van der Waals surface area contributed by atoms with Crippen LogP contribution >= 0.6 is 0 Å². The monoisotopic (exact) mass is 176 g/mol. The SMILES string of the molecule is O=c1[nH]nnn1C1CC(F)(F)C1. The highest BCUT2D eigenvalue weighted by Crippen LogP contribution is 2.44. The average molecular weight is 176 g/mol. The first-order chi connectivity index (χ1) is 5.58. The minimum Gasteiger partial charge on any atom is -0.245 e. The van der Waals surface area contributed by atoms with Gasteiger partial charge < -0.3 is 0 Å². The first-order valence-electron chi connectivity index (χ1n) is 3.46. The number of nitrogens with one attached hydrogen (secondary N) is 1. The van der Waals surface area contributed by atoms with Crippen LogP contribution < -0.4 is 5.69 Å². The molecule has 1 aliphatic carbocycles. The summed E-state index contributed by atoms with van der Waals surface area (Å²) in [6, 6.07) is -0.494. The topological polar surface area (TPSA) is 63.6 Å². The van der Waals surface area contributed by atoms with Gasteiger partial charge in [-0.15, -0.1) is 0 Å². The zero-order valence-corrected chi connectivity index (χ0v) is 6.00. The Kier molecular flexibility index (Phi) is 1.30. The van der Waals surface area contributed by atoms with E-state index in [0.717, 1.165) is 4.68 Å². The van der Waals surface area contributed by atoms with E-state index in [9.17, 15) is 13.6 Å². The number of aromatic amines is 1. The molecule has 1 aliphatic rings. The zero-order valence-electron chi connectivity index (χ0n) is 6.00. The van der Waals surface area contributed by atoms with Crippen LogP contribution in [0.4, 0.5) is 8.78 Å². The van der Waals surface area contributed by atoms with Crippen molar-refractivity contribution in [2.75, 3.05) is 0 Å². The third-order valence-electron chi connectivity index (χ3n) is 1.91. The Morgan fingerprint density at radius 3 is 2.67 bits per heavy atom. The molecule has 0 aliphatic heterocycles. The Bertz CT molecular complexity index is 335. The fourth-order valence-corrected chi connectivity index (χ4v) is 1.25. The van der Waals surface area contributed by atoms with E-state index in [1.54, 1.807) is 0 Å². The van der Waals surface area contributed by atoms with Crippen LogP contribution in [-0.2, 0) is 0 Å². The number of tetrazole rings is 1. The van der Waals surface area contributed by atoms with Gasteiger partial charge in [-0.2, -0.15) is 4.68 Å². The van der Waals surface area contributed by atoms with E-state index in [1.807, 2.05) is 5.10 Å². The van der Waals surface area contributed by atoms with E-state index < -0.39 is 17.7 Å². The molecule has 12 heavy (non-hydrogen) atoms. The van der Waals surface area contributed by atoms with Gasteiger partial charge in [0.25, 0.3) is 5.92 Å². The van der Waals surface area contributed by atoms with Gasteiger partial charge in [-0.05, 0) is 10.4 Å². The molecule has 0 bridgehead atoms. The van der Waals surface area contributed by atoms with E-state index in [1.165, 1.54) is 0 Å². The number of rotatable bonds is 1. The summed E-state index contributed by atoms with van der Waals surface area (Å²) in [5, 5.41) is 8.62. The van der Waals surface area contributed by atoms with Crippen molar-refractivity contribution in [2.45, 2.75) is 24.8 Å². The highest BCUT2D eigenvalue weighted by atomic mass is 19.3. The third-order valence-corrected chi connectivity index (χ3v) is 1.91. The molecule has 1 heterocycles. The second-order valence-corrected chi connectivity index (χ2v) is 2.87. The van der Waals surface area contributed by atoms with Crippen molar-refractivity contribution in [3.8, 4) is 0 Å². The maximum Gasteiger partial charge on any atom is 0.361 e. The maximum absolute atomic E-state index is 12.3. The molecule has 0 saturated heterocycles. The maximum atomic E-state index is 12.3. The molecule has 0 aromatic carbocycles. The van der Waals surface area contributed by atoms with Crippen molar-refractivity contribution >= 4 is 0 Å². The summed E-state index contributed by atoms with van der Waals surface area (Å²) in [5.74, 6) is -2.64. The number of halogens is 2. The van der Waals surface area contributed by atoms with Crippen LogP contribution in [-0.4, -0.2) is 26.1 Å². The third kappa shape index (κ3) is 1.01. The normalized spacial score (nSPS) is 22.2. The molecule has 1 saturated carbocycles. The number of aromatic nitrogens is 4. The van der Waals surface area contributed by atoms with Crippen molar-refractivity contribution in [1.29, 1.82) is 0 Å². The van der Waals surface area contributed by atoms with Gasteiger partial charge in [-0.1, -0.05) is 0 Å². The standard InChI is InChI=1S/C5H6F2N4O/c6-5(7)1-3(2-5)11-4(12)8-9-10-11/h3H,1-2H2,(H,8,10,12). The van der Waals surface area contributed by atoms with Gasteiger partial charge in [0.15, 0.2) is 0 Å². The average Bonchev–Trinajstić information content (AvgIpc) is 2.30. The van der Waals surface area contributed by atoms with E-state index in [-0.39, 0.29) is 12.8 Å². The quantitative estimate of drug-likeness (QED) is 0.651. The van der Waals surface area contributed by atoms with Crippen LogP contribution in [0.3, 0.4) is 0 Å². The van der Waals surface area contributed by atoms with Gasteiger partial charge in [0.1, 0.15) is 0 Å². The fraction of sp³-hybridized carbons (Fsp3) is 0.800. The summed E-state index contributed by atoms with van der Waals surface area (Å²) in [6.07, 6.45) is -0.640. The summed E-state index contributed by atoms with van der Waals surface area (Å²) < 4.78 is 25.6. The Hall–Kier alpha value is -1.27. The second kappa shape index (κ2) is 2.11. The Balaban J connectivity index is 2.16. The molecule has 1 N–H and O–H groups in total. The molecule has 1 aromatic heterocycles. The van der Waals surface area contributed by atoms with Gasteiger partial charge >= 0.3 is 5.69 Å². The van der Waals surface area contributed by atoms with Crippen LogP contribution in [0.2, 0.25) is 0 Å². The second-order valence-electron chi connectivity index (χ2n) is 2.87. The lowest BCUT2D eigenvalue weighted by Gasteiger charge is -2.33. The van der Waals surface area contributed by atoms with Gasteiger partial charge in [0, 0.05) is 12.8 Å². The lowest BCUT2D eigenvalue weighted by Crippen LogP contribution is -2.41. The molecular formula is C5H6F2N4O. The summed E-state index contributed by atoms with van der Waals surface area (Å²) in [6.45, 7) is 0. The number of H-pyrrole nitrogens is 1. The predicted octanol–water partition coefficient (Wildman–Crippen LogP) is -0.0634. The Morgan fingerprint density at radius 2 is 2.25 bits per heavy atom. The molecule has 5 nitrogen and oxygen atoms in total. The van der Waals surface area contributed by atoms with Crippen LogP contribution in [0, 0.1) is 0 Å². The molecule has 0 unspecified atom stereocenters. The molecule has 66 valence electrons. The molecule has 1 aromatic rings. The van der Waals surface area contributed by atoms with Crippen LogP contribution in [0.15, 0.2) is 4.79 Å². The lowest BCUT2D eigenvalue weighted by molar-refractivity contribution is -0.108. The summed E-state index contributed by atoms with van der Waals surface area (Å²) in [4.78, 5) is 10.8. The molecule has 1 fully saturated rings. The van der Waals surface area contributed by atoms with Crippen molar-refractivity contribution in [1.82, 2.24) is 20.2 Å². The minimum absolute atomic E-state index is 0.320. The molecule has 0 atom stereocenters. The predicted molar refractivity (Wildman–Crippen MR) is 33.9 cm³/mol. The first-order valence-corrected chi connectivity index (χ1v) is 3.46.